The van der Waals surface area contributed by atoms with Crippen molar-refractivity contribution in [2.45, 2.75) is 59.5 Å². The smallest absolute Gasteiger partial charge is 0.211 e. The van der Waals surface area contributed by atoms with Crippen LogP contribution in [0.2, 0.25) is 0 Å². The first-order chi connectivity index (χ1) is 13.1. The Kier molecular flexibility index (Phi) is 11.2. The zero-order valence-electron chi connectivity index (χ0n) is 18.7. The highest BCUT2D eigenvalue weighted by Crippen LogP contribution is 2.33. The lowest BCUT2D eigenvalue weighted by molar-refractivity contribution is -0.0835. The maximum Gasteiger partial charge on any atom is 0.211 e. The van der Waals surface area contributed by atoms with E-state index in [1.165, 1.54) is 12.7 Å². The molecule has 0 saturated carbocycles. The van der Waals surface area contributed by atoms with Gasteiger partial charge in [-0.25, -0.2) is 12.7 Å². The molecule has 0 aromatic heterocycles. The van der Waals surface area contributed by atoms with E-state index in [-0.39, 0.29) is 35.5 Å². The topological polar surface area (TPSA) is 83.0 Å². The summed E-state index contributed by atoms with van der Waals surface area (Å²) < 4.78 is 31.0. The van der Waals surface area contributed by atoms with E-state index in [0.717, 1.165) is 51.5 Å². The Morgan fingerprint density at radius 1 is 1.17 bits per heavy atom. The summed E-state index contributed by atoms with van der Waals surface area (Å²) in [6.45, 7) is 13.3. The van der Waals surface area contributed by atoms with Crippen molar-refractivity contribution in [1.82, 2.24) is 14.9 Å². The monoisotopic (exact) mass is 544 g/mol. The minimum Gasteiger partial charge on any atom is -0.377 e. The van der Waals surface area contributed by atoms with Crippen molar-refractivity contribution in [3.8, 4) is 0 Å². The van der Waals surface area contributed by atoms with Crippen LogP contribution in [-0.2, 0) is 14.8 Å². The van der Waals surface area contributed by atoms with Crippen LogP contribution in [0.4, 0.5) is 0 Å². The van der Waals surface area contributed by atoms with Crippen LogP contribution >= 0.6 is 24.0 Å². The summed E-state index contributed by atoms with van der Waals surface area (Å²) in [6, 6.07) is 0. The number of nitrogens with zero attached hydrogens (tertiary/aromatic N) is 2. The highest BCUT2D eigenvalue weighted by Gasteiger charge is 2.35. The maximum atomic E-state index is 11.6. The molecule has 0 radical (unpaired) electrons. The van der Waals surface area contributed by atoms with Gasteiger partial charge in [-0.05, 0) is 43.9 Å². The second-order valence-electron chi connectivity index (χ2n) is 9.27. The van der Waals surface area contributed by atoms with Gasteiger partial charge in [0.1, 0.15) is 0 Å². The third-order valence-corrected chi connectivity index (χ3v) is 7.03. The van der Waals surface area contributed by atoms with Crippen molar-refractivity contribution < 1.29 is 13.2 Å². The molecule has 0 aromatic rings. The van der Waals surface area contributed by atoms with Crippen LogP contribution in [0.15, 0.2) is 4.99 Å². The fraction of sp³-hybridized carbons (Fsp3) is 0.950. The van der Waals surface area contributed by atoms with Crippen LogP contribution in [0.5, 0.6) is 0 Å². The van der Waals surface area contributed by atoms with Crippen LogP contribution in [0.3, 0.4) is 0 Å². The molecule has 0 bridgehead atoms. The van der Waals surface area contributed by atoms with Crippen LogP contribution in [0.1, 0.15) is 53.4 Å². The molecular weight excluding hydrogens is 503 g/mol. The summed E-state index contributed by atoms with van der Waals surface area (Å²) in [5.74, 6) is 1.77. The molecule has 9 heteroatoms. The first kappa shape index (κ1) is 26.9. The zero-order valence-corrected chi connectivity index (χ0v) is 21.9. The lowest BCUT2D eigenvalue weighted by Crippen LogP contribution is -2.47. The highest BCUT2D eigenvalue weighted by atomic mass is 127. The summed E-state index contributed by atoms with van der Waals surface area (Å²) in [5, 5.41) is 6.86. The molecule has 0 amide bonds. The predicted octanol–water partition coefficient (Wildman–Crippen LogP) is 2.67. The number of guanidine groups is 1. The van der Waals surface area contributed by atoms with Gasteiger partial charge in [0.25, 0.3) is 0 Å². The predicted molar refractivity (Wildman–Crippen MR) is 130 cm³/mol. The summed E-state index contributed by atoms with van der Waals surface area (Å²) in [6.07, 6.45) is 5.59. The molecule has 2 saturated heterocycles. The van der Waals surface area contributed by atoms with Gasteiger partial charge in [-0.2, -0.15) is 0 Å². The molecule has 2 atom stereocenters. The van der Waals surface area contributed by atoms with Gasteiger partial charge in [0.05, 0.1) is 12.4 Å². The fourth-order valence-corrected chi connectivity index (χ4v) is 5.10. The third-order valence-electron chi connectivity index (χ3n) is 5.72. The van der Waals surface area contributed by atoms with Gasteiger partial charge in [-0.15, -0.1) is 24.0 Å². The molecular formula is C20H41IN4O3S. The molecule has 7 nitrogen and oxygen atoms in total. The number of hydrogen-bond acceptors (Lipinski definition) is 4. The Balaban J connectivity index is 0.00000420. The van der Waals surface area contributed by atoms with Crippen LogP contribution in [0, 0.1) is 17.3 Å². The van der Waals surface area contributed by atoms with Gasteiger partial charge < -0.3 is 15.4 Å². The van der Waals surface area contributed by atoms with Crippen LogP contribution in [0.25, 0.3) is 0 Å². The van der Waals surface area contributed by atoms with Crippen molar-refractivity contribution in [3.63, 3.8) is 0 Å². The quantitative estimate of drug-likeness (QED) is 0.305. The van der Waals surface area contributed by atoms with E-state index in [1.54, 1.807) is 4.31 Å². The summed E-state index contributed by atoms with van der Waals surface area (Å²) in [5.41, 5.74) is 0.135. The molecule has 0 spiro atoms. The number of aliphatic imine (C=N–C) groups is 1. The van der Waals surface area contributed by atoms with Crippen LogP contribution in [-0.4, -0.2) is 70.4 Å². The Labute approximate surface area is 194 Å². The normalized spacial score (nSPS) is 25.3. The van der Waals surface area contributed by atoms with Gasteiger partial charge in [-0.3, -0.25) is 4.99 Å². The van der Waals surface area contributed by atoms with E-state index < -0.39 is 10.0 Å². The molecule has 2 rings (SSSR count). The number of sulfonamides is 1. The third kappa shape index (κ3) is 8.86. The standard InChI is InChI=1S/C20H40N4O3S.HI/c1-6-21-19(22-14-16-9-11-24(12-10-16)28(5,25)26)23-15-17-8-7-13-27-18(17)20(2,3)4;/h16-18H,6-15H2,1-5H3,(H2,21,22,23);1H. The van der Waals surface area contributed by atoms with Crippen molar-refractivity contribution in [2.75, 3.05) is 45.6 Å². The molecule has 2 unspecified atom stereocenters. The largest absolute Gasteiger partial charge is 0.377 e. The highest BCUT2D eigenvalue weighted by molar-refractivity contribution is 14.0. The molecule has 2 heterocycles. The summed E-state index contributed by atoms with van der Waals surface area (Å²) in [7, 11) is -3.07. The fourth-order valence-electron chi connectivity index (χ4n) is 4.22. The first-order valence-corrected chi connectivity index (χ1v) is 12.5. The number of ether oxygens (including phenoxy) is 1. The number of nitrogens with one attached hydrogen (secondary N) is 2. The number of rotatable bonds is 6. The van der Waals surface area contributed by atoms with Crippen molar-refractivity contribution >= 4 is 40.0 Å². The minimum atomic E-state index is -3.07. The molecule has 0 aliphatic carbocycles. The van der Waals surface area contributed by atoms with Gasteiger partial charge in [0.2, 0.25) is 10.0 Å². The lowest BCUT2D eigenvalue weighted by Gasteiger charge is -2.40. The van der Waals surface area contributed by atoms with E-state index in [2.05, 4.69) is 38.3 Å². The van der Waals surface area contributed by atoms with Crippen molar-refractivity contribution in [2.24, 2.45) is 22.2 Å². The average molecular weight is 545 g/mol. The summed E-state index contributed by atoms with van der Waals surface area (Å²) >= 11 is 0. The van der Waals surface area contributed by atoms with E-state index in [4.69, 9.17) is 9.73 Å². The zero-order chi connectivity index (χ0) is 20.8. The Morgan fingerprint density at radius 3 is 2.38 bits per heavy atom. The second-order valence-corrected chi connectivity index (χ2v) is 11.2. The van der Waals surface area contributed by atoms with Gasteiger partial charge in [-0.1, -0.05) is 20.8 Å². The SMILES string of the molecule is CCNC(=NCC1CCN(S(C)(=O)=O)CC1)NCC1CCCOC1C(C)(C)C.I. The number of hydrogen-bond donors (Lipinski definition) is 2. The van der Waals surface area contributed by atoms with Gasteiger partial charge >= 0.3 is 0 Å². The van der Waals surface area contributed by atoms with E-state index >= 15 is 0 Å². The van der Waals surface area contributed by atoms with E-state index in [1.807, 2.05) is 0 Å². The van der Waals surface area contributed by atoms with Crippen molar-refractivity contribution in [3.05, 3.63) is 0 Å². The molecule has 2 aliphatic heterocycles. The van der Waals surface area contributed by atoms with Gasteiger partial charge in [0, 0.05) is 45.2 Å². The van der Waals surface area contributed by atoms with E-state index in [0.29, 0.717) is 24.9 Å². The Morgan fingerprint density at radius 2 is 1.83 bits per heavy atom. The first-order valence-electron chi connectivity index (χ1n) is 10.7. The molecule has 2 fully saturated rings. The van der Waals surface area contributed by atoms with Gasteiger partial charge in [0.15, 0.2) is 5.96 Å². The molecule has 2 N–H and O–H groups in total. The molecule has 29 heavy (non-hydrogen) atoms. The molecule has 172 valence electrons. The Hall–Kier alpha value is -0.130. The molecule has 2 aliphatic rings. The number of piperidine rings is 1. The minimum absolute atomic E-state index is 0. The number of halogens is 1. The second kappa shape index (κ2) is 12.0. The van der Waals surface area contributed by atoms with E-state index in [9.17, 15) is 8.42 Å². The lowest BCUT2D eigenvalue weighted by atomic mass is 9.78. The molecule has 0 aromatic carbocycles. The van der Waals surface area contributed by atoms with Crippen molar-refractivity contribution in [1.29, 1.82) is 0 Å². The average Bonchev–Trinajstić information content (AvgIpc) is 2.63. The van der Waals surface area contributed by atoms with Crippen LogP contribution < -0.4 is 10.6 Å². The maximum absolute atomic E-state index is 11.6. The summed E-state index contributed by atoms with van der Waals surface area (Å²) in [4.78, 5) is 4.78. The Bertz CT molecular complexity index is 614.